The Morgan fingerprint density at radius 1 is 0.792 bits per heavy atom. The molecule has 122 valence electrons. The van der Waals surface area contributed by atoms with E-state index in [1.165, 1.54) is 31.3 Å². The fourth-order valence-corrected chi connectivity index (χ4v) is 4.32. The maximum Gasteiger partial charge on any atom is 0.0518 e. The number of hydrogen-bond donors (Lipinski definition) is 0. The van der Waals surface area contributed by atoms with E-state index in [9.17, 15) is 0 Å². The molecule has 24 heavy (non-hydrogen) atoms. The van der Waals surface area contributed by atoms with E-state index in [0.717, 1.165) is 12.8 Å². The van der Waals surface area contributed by atoms with Crippen LogP contribution in [-0.4, -0.2) is 0 Å². The van der Waals surface area contributed by atoms with Crippen LogP contribution in [0.15, 0.2) is 22.9 Å². The first kappa shape index (κ1) is 17.1. The van der Waals surface area contributed by atoms with Crippen molar-refractivity contribution in [2.75, 3.05) is 0 Å². The second-order valence-corrected chi connectivity index (χ2v) is 8.07. The fourth-order valence-electron chi connectivity index (χ4n) is 2.49. The largest absolute Gasteiger partial charge is 0.142 e. The van der Waals surface area contributed by atoms with E-state index in [0.29, 0.717) is 11.8 Å². The van der Waals surface area contributed by atoms with Crippen LogP contribution in [-0.2, 0) is 0 Å². The van der Waals surface area contributed by atoms with Gasteiger partial charge in [0.15, 0.2) is 0 Å². The third-order valence-electron chi connectivity index (χ3n) is 4.44. The van der Waals surface area contributed by atoms with Crippen molar-refractivity contribution in [2.24, 2.45) is 11.8 Å². The highest BCUT2D eigenvalue weighted by atomic mass is 32.1. The molecule has 0 nitrogen and oxygen atoms in total. The van der Waals surface area contributed by atoms with Gasteiger partial charge in [0.2, 0.25) is 0 Å². The molecule has 0 saturated carbocycles. The van der Waals surface area contributed by atoms with Crippen molar-refractivity contribution in [1.82, 2.24) is 0 Å². The van der Waals surface area contributed by atoms with Crippen LogP contribution < -0.4 is 0 Å². The zero-order valence-electron chi connectivity index (χ0n) is 14.7. The second-order valence-electron chi connectivity index (χ2n) is 6.23. The van der Waals surface area contributed by atoms with Gasteiger partial charge in [-0.1, -0.05) is 51.4 Å². The molecule has 0 saturated heterocycles. The third kappa shape index (κ3) is 3.23. The van der Waals surface area contributed by atoms with Crippen molar-refractivity contribution in [2.45, 2.75) is 40.5 Å². The first-order valence-corrected chi connectivity index (χ1v) is 10.3. The maximum atomic E-state index is 3.48. The summed E-state index contributed by atoms with van der Waals surface area (Å²) in [6, 6.07) is 4.41. The summed E-state index contributed by atoms with van der Waals surface area (Å²) in [5.41, 5.74) is 2.37. The lowest BCUT2D eigenvalue weighted by Crippen LogP contribution is -1.89. The summed E-state index contributed by atoms with van der Waals surface area (Å²) in [6.45, 7) is 8.76. The smallest absolute Gasteiger partial charge is 0.0518 e. The molecule has 0 aliphatic rings. The Morgan fingerprint density at radius 2 is 1.21 bits per heavy atom. The van der Waals surface area contributed by atoms with Crippen LogP contribution in [0, 0.1) is 35.5 Å². The second kappa shape index (κ2) is 7.43. The van der Waals surface area contributed by atoms with E-state index >= 15 is 0 Å². The van der Waals surface area contributed by atoms with Gasteiger partial charge in [0.1, 0.15) is 0 Å². The van der Waals surface area contributed by atoms with E-state index in [1.54, 1.807) is 22.7 Å². The molecule has 3 rings (SSSR count). The molecule has 2 heterocycles. The average molecular weight is 351 g/mol. The lowest BCUT2D eigenvalue weighted by molar-refractivity contribution is 0.723. The Bertz CT molecular complexity index is 850. The molecule has 0 bridgehead atoms. The van der Waals surface area contributed by atoms with Gasteiger partial charge in [-0.25, -0.2) is 0 Å². The normalized spacial score (nSPS) is 13.2. The van der Waals surface area contributed by atoms with Gasteiger partial charge in [0, 0.05) is 22.6 Å². The van der Waals surface area contributed by atoms with Gasteiger partial charge in [-0.15, -0.1) is 22.7 Å². The lowest BCUT2D eigenvalue weighted by atomic mass is 10.0. The van der Waals surface area contributed by atoms with Gasteiger partial charge in [-0.05, 0) is 35.7 Å². The van der Waals surface area contributed by atoms with Crippen LogP contribution in [0.25, 0.3) is 20.2 Å². The predicted molar refractivity (Wildman–Crippen MR) is 110 cm³/mol. The molecule has 2 aromatic heterocycles. The van der Waals surface area contributed by atoms with Crippen LogP contribution >= 0.6 is 22.7 Å². The molecular weight excluding hydrogens is 328 g/mol. The van der Waals surface area contributed by atoms with Crippen molar-refractivity contribution in [1.29, 1.82) is 0 Å². The van der Waals surface area contributed by atoms with Crippen LogP contribution in [0.2, 0.25) is 0 Å². The van der Waals surface area contributed by atoms with Crippen molar-refractivity contribution < 1.29 is 0 Å². The summed E-state index contributed by atoms with van der Waals surface area (Å²) >= 11 is 3.56. The van der Waals surface area contributed by atoms with E-state index in [1.807, 2.05) is 0 Å². The molecule has 0 fully saturated rings. The van der Waals surface area contributed by atoms with Gasteiger partial charge in [0.25, 0.3) is 0 Å². The SMILES string of the molecule is CCC(C)C#Cc1c2ccsc2c(C#CC(C)CC)c2ccsc12. The Hall–Kier alpha value is -1.74. The molecule has 0 amide bonds. The Kier molecular flexibility index (Phi) is 5.30. The van der Waals surface area contributed by atoms with Crippen molar-refractivity contribution >= 4 is 42.8 Å². The van der Waals surface area contributed by atoms with Gasteiger partial charge in [-0.2, -0.15) is 0 Å². The third-order valence-corrected chi connectivity index (χ3v) is 6.30. The standard InChI is InChI=1S/C22H22S2/c1-5-15(3)7-9-17-19-11-13-24-22(19)18(10-8-16(4)6-2)20-12-14-23-21(17)20/h11-16H,5-6H2,1-4H3. The number of hydrogen-bond acceptors (Lipinski definition) is 2. The van der Waals surface area contributed by atoms with E-state index in [-0.39, 0.29) is 0 Å². The summed E-state index contributed by atoms with van der Waals surface area (Å²) in [5.74, 6) is 14.6. The topological polar surface area (TPSA) is 0 Å². The van der Waals surface area contributed by atoms with Gasteiger partial charge < -0.3 is 0 Å². The minimum absolute atomic E-state index is 0.429. The molecule has 1 aromatic carbocycles. The van der Waals surface area contributed by atoms with E-state index in [4.69, 9.17) is 0 Å². The van der Waals surface area contributed by atoms with Crippen LogP contribution in [0.1, 0.15) is 51.7 Å². The van der Waals surface area contributed by atoms with Crippen molar-refractivity contribution in [3.8, 4) is 23.7 Å². The summed E-state index contributed by atoms with van der Waals surface area (Å²) < 4.78 is 2.57. The highest BCUT2D eigenvalue weighted by Crippen LogP contribution is 2.38. The van der Waals surface area contributed by atoms with Gasteiger partial charge >= 0.3 is 0 Å². The first-order valence-electron chi connectivity index (χ1n) is 8.59. The van der Waals surface area contributed by atoms with Crippen LogP contribution in [0.3, 0.4) is 0 Å². The Labute approximate surface area is 152 Å². The monoisotopic (exact) mass is 350 g/mol. The van der Waals surface area contributed by atoms with E-state index < -0.39 is 0 Å². The molecule has 0 N–H and O–H groups in total. The molecule has 0 aliphatic heterocycles. The fraction of sp³-hybridized carbons (Fsp3) is 0.364. The lowest BCUT2D eigenvalue weighted by Gasteiger charge is -2.04. The predicted octanol–water partition coefficient (Wildman–Crippen LogP) is 6.91. The molecule has 0 spiro atoms. The van der Waals surface area contributed by atoms with Crippen LogP contribution in [0.5, 0.6) is 0 Å². The number of benzene rings is 1. The highest BCUT2D eigenvalue weighted by molar-refractivity contribution is 7.19. The molecule has 2 unspecified atom stereocenters. The molecule has 0 radical (unpaired) electrons. The Morgan fingerprint density at radius 3 is 1.58 bits per heavy atom. The minimum atomic E-state index is 0.429. The number of thiophene rings is 2. The number of rotatable bonds is 2. The average Bonchev–Trinajstić information content (AvgIpc) is 3.26. The summed E-state index contributed by atoms with van der Waals surface area (Å²) in [6.07, 6.45) is 2.18. The van der Waals surface area contributed by atoms with E-state index in [2.05, 4.69) is 74.3 Å². The number of fused-ring (bicyclic) bond motifs is 2. The van der Waals surface area contributed by atoms with Crippen LogP contribution in [0.4, 0.5) is 0 Å². The van der Waals surface area contributed by atoms with Crippen molar-refractivity contribution in [3.63, 3.8) is 0 Å². The van der Waals surface area contributed by atoms with Gasteiger partial charge in [-0.3, -0.25) is 0 Å². The Balaban J connectivity index is 2.27. The molecule has 2 heteroatoms. The molecule has 2 atom stereocenters. The highest BCUT2D eigenvalue weighted by Gasteiger charge is 2.14. The zero-order chi connectivity index (χ0) is 17.1. The molecule has 0 aliphatic carbocycles. The minimum Gasteiger partial charge on any atom is -0.142 e. The molecule has 3 aromatic rings. The molecular formula is C22H22S2. The summed E-state index contributed by atoms with van der Waals surface area (Å²) in [7, 11) is 0. The summed E-state index contributed by atoms with van der Waals surface area (Å²) in [4.78, 5) is 0. The van der Waals surface area contributed by atoms with Gasteiger partial charge in [0.05, 0.1) is 20.5 Å². The van der Waals surface area contributed by atoms with Crippen molar-refractivity contribution in [3.05, 3.63) is 34.0 Å². The summed E-state index contributed by atoms with van der Waals surface area (Å²) in [5, 5.41) is 6.85. The quantitative estimate of drug-likeness (QED) is 0.440. The zero-order valence-corrected chi connectivity index (χ0v) is 16.3. The first-order chi connectivity index (χ1) is 11.7. The maximum absolute atomic E-state index is 3.48.